The van der Waals surface area contributed by atoms with E-state index in [1.165, 1.54) is 17.2 Å². The van der Waals surface area contributed by atoms with Gasteiger partial charge in [0.1, 0.15) is 48.0 Å². The van der Waals surface area contributed by atoms with Crippen molar-refractivity contribution < 1.29 is 43.9 Å². The number of fused-ring (bicyclic) bond motifs is 2. The summed E-state index contributed by atoms with van der Waals surface area (Å²) in [5.74, 6) is -0.175. The number of H-pyrrole nitrogens is 1. The maximum absolute atomic E-state index is 13.6. The lowest BCUT2D eigenvalue weighted by molar-refractivity contribution is -0.0496. The molecule has 20 nitrogen and oxygen atoms in total. The number of hydrogen-bond acceptors (Lipinski definition) is 16. The molecular weight excluding hydrogens is 571 g/mol. The third-order valence-corrected chi connectivity index (χ3v) is 8.87. The second kappa shape index (κ2) is 10.0. The van der Waals surface area contributed by atoms with Crippen LogP contribution in [0.4, 0.5) is 11.8 Å². The second-order valence-corrected chi connectivity index (χ2v) is 11.5. The van der Waals surface area contributed by atoms with Gasteiger partial charge in [-0.2, -0.15) is 4.98 Å². The van der Waals surface area contributed by atoms with E-state index in [0.29, 0.717) is 0 Å². The van der Waals surface area contributed by atoms with E-state index in [0.717, 1.165) is 10.9 Å². The Labute approximate surface area is 227 Å². The molecule has 21 heteroatoms. The molecule has 2 unspecified atom stereocenters. The quantitative estimate of drug-likeness (QED) is 0.0962. The maximum atomic E-state index is 13.6. The number of rotatable bonds is 7. The van der Waals surface area contributed by atoms with Crippen LogP contribution in [0.3, 0.4) is 0 Å². The first-order valence-electron chi connectivity index (χ1n) is 12.1. The molecule has 220 valence electrons. The Morgan fingerprint density at radius 1 is 0.951 bits per heavy atom. The standard InChI is InChI=1S/C20H25N10O10P/c21-14-8-15(24-3-23-14)29(4-25-8)18-12(34)10(32)7(40-18)2-38-41(36,37)13-11(33)6(1-31)39-19(13)30-5-26-9-16(30)27-20(22)28-17(9)35/h3-7,10-13,18-19,31-34H,1-2H2,(H,36,37)(H2,21,23,24)(H3,22,27,28,35)/t6?,7-,10-,11-,12+,13-,18-,19-/m1/s1. The lowest BCUT2D eigenvalue weighted by Gasteiger charge is -2.27. The fourth-order valence-electron chi connectivity index (χ4n) is 5.01. The minimum absolute atomic E-state index is 0.0872. The highest BCUT2D eigenvalue weighted by Crippen LogP contribution is 2.57. The number of aliphatic hydroxyl groups is 4. The molecule has 10 N–H and O–H groups in total. The Balaban J connectivity index is 1.25. The first-order chi connectivity index (χ1) is 19.5. The van der Waals surface area contributed by atoms with Gasteiger partial charge in [0, 0.05) is 0 Å². The van der Waals surface area contributed by atoms with Gasteiger partial charge in [-0.05, 0) is 0 Å². The van der Waals surface area contributed by atoms with E-state index in [4.69, 9.17) is 25.5 Å². The SMILES string of the molecule is Nc1nc2c(ncn2[C@@H]2OC(CO)[C@@H](O)[C@H]2P(=O)(O)OC[C@H]2O[C@@H](n3cnc4c(N)ncnc43)[C@@H](O)[C@@H]2O)c(=O)[nH]1. The second-order valence-electron chi connectivity index (χ2n) is 9.49. The van der Waals surface area contributed by atoms with Crippen LogP contribution in [-0.4, -0.2) is 114 Å². The molecule has 4 aromatic rings. The average Bonchev–Trinajstić information content (AvgIpc) is 3.68. The van der Waals surface area contributed by atoms with E-state index in [1.54, 1.807) is 0 Å². The molecule has 0 spiro atoms. The van der Waals surface area contributed by atoms with Crippen molar-refractivity contribution in [3.63, 3.8) is 0 Å². The Morgan fingerprint density at radius 3 is 2.37 bits per heavy atom. The molecule has 0 saturated carbocycles. The fourth-order valence-corrected chi connectivity index (χ4v) is 6.66. The number of imidazole rings is 2. The summed E-state index contributed by atoms with van der Waals surface area (Å²) in [4.78, 5) is 45.4. The molecule has 0 radical (unpaired) electrons. The summed E-state index contributed by atoms with van der Waals surface area (Å²) in [6, 6.07) is 0. The monoisotopic (exact) mass is 596 g/mol. The molecule has 2 aliphatic rings. The molecule has 9 atom stereocenters. The molecule has 0 aliphatic carbocycles. The number of aromatic amines is 1. The average molecular weight is 596 g/mol. The van der Waals surface area contributed by atoms with Crippen molar-refractivity contribution in [3.8, 4) is 0 Å². The Kier molecular flexibility index (Phi) is 6.76. The van der Waals surface area contributed by atoms with Crippen molar-refractivity contribution in [2.75, 3.05) is 24.7 Å². The first-order valence-corrected chi connectivity index (χ1v) is 13.7. The zero-order chi connectivity index (χ0) is 29.2. The van der Waals surface area contributed by atoms with Crippen molar-refractivity contribution in [2.45, 2.75) is 48.6 Å². The van der Waals surface area contributed by atoms with Crippen molar-refractivity contribution >= 4 is 41.7 Å². The van der Waals surface area contributed by atoms with Crippen molar-refractivity contribution in [3.05, 3.63) is 29.3 Å². The van der Waals surface area contributed by atoms with Crippen LogP contribution < -0.4 is 17.0 Å². The van der Waals surface area contributed by atoms with Crippen LogP contribution in [0.2, 0.25) is 0 Å². The number of aromatic nitrogens is 8. The number of anilines is 2. The molecule has 2 saturated heterocycles. The number of nitrogens with two attached hydrogens (primary N) is 2. The zero-order valence-corrected chi connectivity index (χ0v) is 21.7. The summed E-state index contributed by atoms with van der Waals surface area (Å²) in [6.07, 6.45) is -6.55. The molecule has 6 rings (SSSR count). The zero-order valence-electron chi connectivity index (χ0n) is 20.8. The van der Waals surface area contributed by atoms with Crippen LogP contribution in [0.25, 0.3) is 22.3 Å². The first kappa shape index (κ1) is 27.6. The largest absolute Gasteiger partial charge is 0.394 e. The fraction of sp³-hybridized carbons (Fsp3) is 0.500. The summed E-state index contributed by atoms with van der Waals surface area (Å²) in [5, 5.41) is 41.8. The van der Waals surface area contributed by atoms with Crippen LogP contribution in [0, 0.1) is 0 Å². The number of ether oxygens (including phenoxy) is 2. The van der Waals surface area contributed by atoms with E-state index in [1.807, 2.05) is 0 Å². The Hall–Kier alpha value is -3.59. The van der Waals surface area contributed by atoms with Crippen molar-refractivity contribution in [2.24, 2.45) is 0 Å². The van der Waals surface area contributed by atoms with Gasteiger partial charge < -0.3 is 50.8 Å². The maximum Gasteiger partial charge on any atom is 0.338 e. The predicted octanol–water partition coefficient (Wildman–Crippen LogP) is -3.44. The molecule has 2 aliphatic heterocycles. The number of nitrogens with zero attached hydrogens (tertiary/aromatic N) is 7. The lowest BCUT2D eigenvalue weighted by atomic mass is 10.1. The van der Waals surface area contributed by atoms with Crippen LogP contribution >= 0.6 is 7.60 Å². The third-order valence-electron chi connectivity index (χ3n) is 7.04. The molecule has 41 heavy (non-hydrogen) atoms. The van der Waals surface area contributed by atoms with Gasteiger partial charge >= 0.3 is 7.60 Å². The van der Waals surface area contributed by atoms with Crippen LogP contribution in [-0.2, 0) is 18.6 Å². The molecule has 4 aromatic heterocycles. The van der Waals surface area contributed by atoms with E-state index in [9.17, 15) is 34.7 Å². The number of nitrogen functional groups attached to an aromatic ring is 2. The Morgan fingerprint density at radius 2 is 1.63 bits per heavy atom. The van der Waals surface area contributed by atoms with Gasteiger partial charge in [-0.15, -0.1) is 0 Å². The summed E-state index contributed by atoms with van der Waals surface area (Å²) in [5.41, 5.74) is 9.24. The highest BCUT2D eigenvalue weighted by atomic mass is 31.2. The Bertz CT molecular complexity index is 1710. The van der Waals surface area contributed by atoms with Gasteiger partial charge in [0.25, 0.3) is 5.56 Å². The minimum Gasteiger partial charge on any atom is -0.394 e. The molecule has 6 heterocycles. The van der Waals surface area contributed by atoms with Gasteiger partial charge in [0.2, 0.25) is 5.95 Å². The van der Waals surface area contributed by atoms with Gasteiger partial charge in [-0.25, -0.2) is 19.9 Å². The predicted molar refractivity (Wildman–Crippen MR) is 135 cm³/mol. The smallest absolute Gasteiger partial charge is 0.338 e. The van der Waals surface area contributed by atoms with Crippen molar-refractivity contribution in [1.29, 1.82) is 0 Å². The highest BCUT2D eigenvalue weighted by Gasteiger charge is 2.55. The van der Waals surface area contributed by atoms with E-state index in [2.05, 4.69) is 29.9 Å². The highest BCUT2D eigenvalue weighted by molar-refractivity contribution is 7.53. The normalized spacial score (nSPS) is 31.7. The van der Waals surface area contributed by atoms with Gasteiger partial charge in [-0.3, -0.25) is 23.5 Å². The summed E-state index contributed by atoms with van der Waals surface area (Å²) in [6.45, 7) is -1.43. The summed E-state index contributed by atoms with van der Waals surface area (Å²) in [7, 11) is -4.88. The van der Waals surface area contributed by atoms with Crippen LogP contribution in [0.5, 0.6) is 0 Å². The summed E-state index contributed by atoms with van der Waals surface area (Å²) >= 11 is 0. The molecule has 2 fully saturated rings. The number of aliphatic hydroxyl groups excluding tert-OH is 4. The summed E-state index contributed by atoms with van der Waals surface area (Å²) < 4.78 is 32.7. The van der Waals surface area contributed by atoms with E-state index in [-0.39, 0.29) is 34.1 Å². The van der Waals surface area contributed by atoms with Crippen molar-refractivity contribution in [1.82, 2.24) is 39.0 Å². The topological polar surface area (TPSA) is 305 Å². The van der Waals surface area contributed by atoms with Crippen LogP contribution in [0.15, 0.2) is 23.8 Å². The number of nitrogens with one attached hydrogen (secondary N) is 1. The van der Waals surface area contributed by atoms with Gasteiger partial charge in [-0.1, -0.05) is 0 Å². The molecular formula is C20H25N10O10P. The number of hydrogen-bond donors (Lipinski definition) is 8. The van der Waals surface area contributed by atoms with E-state index < -0.39 is 75.0 Å². The van der Waals surface area contributed by atoms with Gasteiger partial charge in [0.15, 0.2) is 35.1 Å². The van der Waals surface area contributed by atoms with E-state index >= 15 is 0 Å². The van der Waals surface area contributed by atoms with Crippen LogP contribution in [0.1, 0.15) is 12.5 Å². The third kappa shape index (κ3) is 4.45. The molecule has 0 bridgehead atoms. The minimum atomic E-state index is -4.88. The molecule has 0 aromatic carbocycles. The lowest BCUT2D eigenvalue weighted by Crippen LogP contribution is -2.36. The molecule has 0 amide bonds. The van der Waals surface area contributed by atoms with Gasteiger partial charge in [0.05, 0.1) is 25.9 Å².